The third-order valence-corrected chi connectivity index (χ3v) is 7.60. The van der Waals surface area contributed by atoms with Crippen LogP contribution in [0, 0.1) is 0 Å². The van der Waals surface area contributed by atoms with Crippen LogP contribution in [0.1, 0.15) is 0 Å². The van der Waals surface area contributed by atoms with Gasteiger partial charge in [-0.05, 0) is 47.0 Å². The number of benzene rings is 6. The van der Waals surface area contributed by atoms with Crippen LogP contribution >= 0.6 is 0 Å². The van der Waals surface area contributed by atoms with Crippen molar-refractivity contribution in [2.24, 2.45) is 0 Å². The maximum atomic E-state index is 6.38. The maximum absolute atomic E-state index is 6.38. The van der Waals surface area contributed by atoms with Crippen LogP contribution in [0.25, 0.3) is 71.7 Å². The first-order chi connectivity index (χ1) is 18.8. The second kappa shape index (κ2) is 8.22. The lowest BCUT2D eigenvalue weighted by atomic mass is 10.0. The van der Waals surface area contributed by atoms with Gasteiger partial charge in [-0.25, -0.2) is 0 Å². The summed E-state index contributed by atoms with van der Waals surface area (Å²) in [6.45, 7) is 0. The number of furan rings is 1. The Morgan fingerprint density at radius 3 is 2.05 bits per heavy atom. The van der Waals surface area contributed by atoms with E-state index in [0.717, 1.165) is 38.8 Å². The summed E-state index contributed by atoms with van der Waals surface area (Å²) in [5.41, 5.74) is 10.1. The van der Waals surface area contributed by atoms with Gasteiger partial charge in [0.15, 0.2) is 0 Å². The van der Waals surface area contributed by atoms with E-state index in [2.05, 4.69) is 132 Å². The van der Waals surface area contributed by atoms with Crippen molar-refractivity contribution in [2.75, 3.05) is 0 Å². The van der Waals surface area contributed by atoms with Gasteiger partial charge >= 0.3 is 0 Å². The Morgan fingerprint density at radius 1 is 0.421 bits per heavy atom. The first-order valence-corrected chi connectivity index (χ1v) is 12.9. The summed E-state index contributed by atoms with van der Waals surface area (Å²) in [4.78, 5) is 0. The number of hydrogen-bond acceptors (Lipinski definition) is 1. The lowest BCUT2D eigenvalue weighted by Gasteiger charge is -2.11. The lowest BCUT2D eigenvalue weighted by Crippen LogP contribution is -1.94. The molecule has 0 saturated heterocycles. The summed E-state index contributed by atoms with van der Waals surface area (Å²) in [6, 6.07) is 49.5. The highest BCUT2D eigenvalue weighted by atomic mass is 16.3. The third kappa shape index (κ3) is 3.14. The molecule has 6 aromatic carbocycles. The fourth-order valence-electron chi connectivity index (χ4n) is 5.85. The van der Waals surface area contributed by atoms with Crippen LogP contribution < -0.4 is 0 Å². The molecule has 0 aliphatic carbocycles. The number of para-hydroxylation sites is 3. The fraction of sp³-hybridized carbons (Fsp3) is 0. The molecule has 0 N–H and O–H groups in total. The van der Waals surface area contributed by atoms with Gasteiger partial charge in [0.25, 0.3) is 0 Å². The molecule has 2 heterocycles. The van der Waals surface area contributed by atoms with Crippen molar-refractivity contribution in [1.29, 1.82) is 0 Å². The van der Waals surface area contributed by atoms with Gasteiger partial charge in [0, 0.05) is 32.8 Å². The first kappa shape index (κ1) is 21.0. The molecular weight excluding hydrogens is 462 g/mol. The molecule has 0 atom stereocenters. The van der Waals surface area contributed by atoms with E-state index < -0.39 is 0 Å². The highest BCUT2D eigenvalue weighted by Crippen LogP contribution is 2.39. The minimum Gasteiger partial charge on any atom is -0.455 e. The summed E-state index contributed by atoms with van der Waals surface area (Å²) in [5, 5.41) is 4.79. The Hall–Kier alpha value is -5.08. The summed E-state index contributed by atoms with van der Waals surface area (Å²) in [5.74, 6) is 0. The molecule has 38 heavy (non-hydrogen) atoms. The quantitative estimate of drug-likeness (QED) is 0.243. The van der Waals surface area contributed by atoms with E-state index >= 15 is 0 Å². The van der Waals surface area contributed by atoms with Gasteiger partial charge in [0.2, 0.25) is 0 Å². The third-order valence-electron chi connectivity index (χ3n) is 7.60. The lowest BCUT2D eigenvalue weighted by molar-refractivity contribution is 0.670. The normalized spacial score (nSPS) is 11.7. The predicted molar refractivity (Wildman–Crippen MR) is 159 cm³/mol. The standard InChI is InChI=1S/C36H23NO/c1-2-10-24(11-3-1)25-12-8-13-27(22-25)37-33-18-6-4-14-29(33)30-21-20-26(23-34(30)37)28-16-9-17-32-31-15-5-7-19-35(31)38-36(28)32/h1-23H. The predicted octanol–water partition coefficient (Wildman–Crippen LogP) is 10.0. The number of nitrogens with zero attached hydrogens (tertiary/aromatic N) is 1. The zero-order chi connectivity index (χ0) is 25.1. The second-order valence-corrected chi connectivity index (χ2v) is 9.78. The highest BCUT2D eigenvalue weighted by molar-refractivity contribution is 6.12. The van der Waals surface area contributed by atoms with E-state index in [-0.39, 0.29) is 0 Å². The molecule has 2 aromatic heterocycles. The molecule has 0 bridgehead atoms. The molecule has 0 spiro atoms. The van der Waals surface area contributed by atoms with Crippen molar-refractivity contribution < 1.29 is 4.42 Å². The average Bonchev–Trinajstić information content (AvgIpc) is 3.53. The largest absolute Gasteiger partial charge is 0.455 e. The van der Waals surface area contributed by atoms with Crippen molar-refractivity contribution in [3.63, 3.8) is 0 Å². The molecular formula is C36H23NO. The van der Waals surface area contributed by atoms with Gasteiger partial charge in [-0.15, -0.1) is 0 Å². The summed E-state index contributed by atoms with van der Waals surface area (Å²) < 4.78 is 8.77. The number of aromatic nitrogens is 1. The molecule has 0 amide bonds. The first-order valence-electron chi connectivity index (χ1n) is 12.9. The van der Waals surface area contributed by atoms with E-state index in [0.29, 0.717) is 0 Å². The second-order valence-electron chi connectivity index (χ2n) is 9.78. The average molecular weight is 486 g/mol. The van der Waals surface area contributed by atoms with E-state index in [1.54, 1.807) is 0 Å². The Bertz CT molecular complexity index is 2130. The van der Waals surface area contributed by atoms with Gasteiger partial charge in [-0.1, -0.05) is 109 Å². The monoisotopic (exact) mass is 485 g/mol. The maximum Gasteiger partial charge on any atom is 0.143 e. The Morgan fingerprint density at radius 2 is 1.13 bits per heavy atom. The topological polar surface area (TPSA) is 18.1 Å². The van der Waals surface area contributed by atoms with Gasteiger partial charge in [0.1, 0.15) is 11.2 Å². The molecule has 178 valence electrons. The van der Waals surface area contributed by atoms with Gasteiger partial charge in [-0.3, -0.25) is 0 Å². The summed E-state index contributed by atoms with van der Waals surface area (Å²) in [6.07, 6.45) is 0. The molecule has 0 unspecified atom stereocenters. The fourth-order valence-corrected chi connectivity index (χ4v) is 5.85. The van der Waals surface area contributed by atoms with E-state index in [9.17, 15) is 0 Å². The SMILES string of the molecule is c1ccc(-c2cccc(-n3c4ccccc4c4ccc(-c5cccc6c5oc5ccccc56)cc43)c2)cc1. The molecule has 0 aliphatic rings. The van der Waals surface area contributed by atoms with Crippen LogP contribution in [0.4, 0.5) is 0 Å². The summed E-state index contributed by atoms with van der Waals surface area (Å²) in [7, 11) is 0. The molecule has 2 nitrogen and oxygen atoms in total. The van der Waals surface area contributed by atoms with Crippen LogP contribution in [0.5, 0.6) is 0 Å². The number of fused-ring (bicyclic) bond motifs is 6. The van der Waals surface area contributed by atoms with Crippen LogP contribution in [0.3, 0.4) is 0 Å². The Labute approximate surface area is 220 Å². The minimum absolute atomic E-state index is 0.919. The van der Waals surface area contributed by atoms with E-state index in [1.807, 2.05) is 12.1 Å². The van der Waals surface area contributed by atoms with Gasteiger partial charge in [-0.2, -0.15) is 0 Å². The van der Waals surface area contributed by atoms with Gasteiger partial charge < -0.3 is 8.98 Å². The van der Waals surface area contributed by atoms with Crippen LogP contribution in [0.15, 0.2) is 144 Å². The smallest absolute Gasteiger partial charge is 0.143 e. The van der Waals surface area contributed by atoms with E-state index in [1.165, 1.54) is 32.9 Å². The minimum atomic E-state index is 0.919. The molecule has 0 radical (unpaired) electrons. The van der Waals surface area contributed by atoms with Crippen molar-refractivity contribution in [2.45, 2.75) is 0 Å². The van der Waals surface area contributed by atoms with Crippen LogP contribution in [-0.4, -0.2) is 4.57 Å². The highest BCUT2D eigenvalue weighted by Gasteiger charge is 2.16. The molecule has 0 saturated carbocycles. The molecule has 8 aromatic rings. The molecule has 0 aliphatic heterocycles. The number of hydrogen-bond donors (Lipinski definition) is 0. The Balaban J connectivity index is 1.40. The molecule has 2 heteroatoms. The van der Waals surface area contributed by atoms with Crippen molar-refractivity contribution in [1.82, 2.24) is 4.57 Å². The number of rotatable bonds is 3. The van der Waals surface area contributed by atoms with E-state index in [4.69, 9.17) is 4.42 Å². The Kier molecular flexibility index (Phi) is 4.55. The van der Waals surface area contributed by atoms with Crippen LogP contribution in [-0.2, 0) is 0 Å². The van der Waals surface area contributed by atoms with Gasteiger partial charge in [0.05, 0.1) is 11.0 Å². The molecule has 8 rings (SSSR count). The van der Waals surface area contributed by atoms with Crippen molar-refractivity contribution >= 4 is 43.7 Å². The zero-order valence-electron chi connectivity index (χ0n) is 20.6. The van der Waals surface area contributed by atoms with Crippen LogP contribution in [0.2, 0.25) is 0 Å². The molecule has 0 fully saturated rings. The van der Waals surface area contributed by atoms with Crippen molar-refractivity contribution in [3.8, 4) is 27.9 Å². The summed E-state index contributed by atoms with van der Waals surface area (Å²) >= 11 is 0. The zero-order valence-corrected chi connectivity index (χ0v) is 20.6. The van der Waals surface area contributed by atoms with Crippen molar-refractivity contribution in [3.05, 3.63) is 140 Å².